The van der Waals surface area contributed by atoms with Crippen molar-refractivity contribution >= 4 is 19.4 Å². The summed E-state index contributed by atoms with van der Waals surface area (Å²) in [6.45, 7) is 3.34. The van der Waals surface area contributed by atoms with E-state index in [1.54, 1.807) is 14.2 Å². The normalized spacial score (nSPS) is 8.79. The van der Waals surface area contributed by atoms with E-state index in [1.165, 1.54) is 33.7 Å². The second kappa shape index (κ2) is 12.2. The molecule has 0 saturated heterocycles. The van der Waals surface area contributed by atoms with Crippen LogP contribution < -0.4 is 18.9 Å². The van der Waals surface area contributed by atoms with E-state index in [-0.39, 0.29) is 5.15 Å². The summed E-state index contributed by atoms with van der Waals surface area (Å²) in [5.41, 5.74) is 0.777. The molecule has 0 aliphatic rings. The van der Waals surface area contributed by atoms with Gasteiger partial charge >= 0.3 is 0 Å². The van der Waals surface area contributed by atoms with Gasteiger partial charge in [-0.15, -0.1) is 0 Å². The molecule has 2 aromatic rings. The zero-order valence-corrected chi connectivity index (χ0v) is 15.3. The van der Waals surface area contributed by atoms with Gasteiger partial charge in [0.05, 0.1) is 42.0 Å². The molecule has 0 aliphatic heterocycles. The lowest BCUT2D eigenvalue weighted by molar-refractivity contribution is 0.338. The number of aromatic nitrogens is 4. The molecule has 0 spiro atoms. The SMILES string of the molecule is COc1ncnc(C)c1OC.COc1ncnc(Cl)c1OC.[B]C. The summed E-state index contributed by atoms with van der Waals surface area (Å²) in [7, 11) is 10.6. The summed E-state index contributed by atoms with van der Waals surface area (Å²) in [5, 5.41) is 0.249. The molecule has 0 saturated carbocycles. The van der Waals surface area contributed by atoms with Gasteiger partial charge in [0.15, 0.2) is 5.15 Å². The Morgan fingerprint density at radius 3 is 1.58 bits per heavy atom. The number of ether oxygens (including phenoxy) is 4. The number of methoxy groups -OCH3 is 4. The molecule has 2 aromatic heterocycles. The molecule has 2 heterocycles. The van der Waals surface area contributed by atoms with Crippen LogP contribution in [0.25, 0.3) is 0 Å². The van der Waals surface area contributed by atoms with Gasteiger partial charge in [0.25, 0.3) is 11.8 Å². The first-order valence-electron chi connectivity index (χ1n) is 6.64. The minimum atomic E-state index is 0.249. The first kappa shape index (κ1) is 21.7. The Bertz CT molecular complexity index is 566. The van der Waals surface area contributed by atoms with Crippen molar-refractivity contribution in [3.05, 3.63) is 23.5 Å². The molecular formula is C14H20BClN4O4. The summed E-state index contributed by atoms with van der Waals surface area (Å²) in [4.78, 5) is 15.3. The average Bonchev–Trinajstić information content (AvgIpc) is 2.63. The third-order valence-electron chi connectivity index (χ3n) is 2.47. The second-order valence-corrected chi connectivity index (χ2v) is 4.07. The summed E-state index contributed by atoms with van der Waals surface area (Å²) < 4.78 is 19.7. The average molecular weight is 355 g/mol. The molecule has 130 valence electrons. The zero-order valence-electron chi connectivity index (χ0n) is 14.5. The standard InChI is InChI=1S/C7H10N2O2.C6H7ClN2O2.CH3B/c1-5-6(10-2)7(11-3)9-4-8-5;1-10-4-5(7)8-3-9-6(4)11-2;1-2/h4H,1-3H3;3H,1-2H3;1H3. The highest BCUT2D eigenvalue weighted by atomic mass is 35.5. The van der Waals surface area contributed by atoms with Gasteiger partial charge < -0.3 is 18.9 Å². The largest absolute Gasteiger partial charge is 0.490 e. The number of halogens is 1. The molecule has 0 unspecified atom stereocenters. The Morgan fingerprint density at radius 2 is 1.21 bits per heavy atom. The summed E-state index contributed by atoms with van der Waals surface area (Å²) >= 11 is 5.65. The molecule has 0 bridgehead atoms. The minimum Gasteiger partial charge on any atom is -0.490 e. The highest BCUT2D eigenvalue weighted by molar-refractivity contribution is 6.31. The number of rotatable bonds is 4. The number of nitrogens with zero attached hydrogens (tertiary/aromatic N) is 4. The number of aryl methyl sites for hydroxylation is 1. The summed E-state index contributed by atoms with van der Waals surface area (Å²) in [5.74, 6) is 1.76. The molecule has 8 nitrogen and oxygen atoms in total. The topological polar surface area (TPSA) is 88.5 Å². The van der Waals surface area contributed by atoms with Gasteiger partial charge in [0, 0.05) is 0 Å². The van der Waals surface area contributed by atoms with E-state index < -0.39 is 0 Å². The molecular weight excluding hydrogens is 334 g/mol. The van der Waals surface area contributed by atoms with Gasteiger partial charge in [-0.25, -0.2) is 9.97 Å². The molecule has 2 rings (SSSR count). The lowest BCUT2D eigenvalue weighted by Gasteiger charge is -2.06. The predicted octanol–water partition coefficient (Wildman–Crippen LogP) is 2.15. The predicted molar refractivity (Wildman–Crippen MR) is 91.6 cm³/mol. The molecule has 0 aromatic carbocycles. The highest BCUT2D eigenvalue weighted by Crippen LogP contribution is 2.29. The van der Waals surface area contributed by atoms with Gasteiger partial charge in [-0.3, -0.25) is 0 Å². The van der Waals surface area contributed by atoms with Crippen LogP contribution in [0, 0.1) is 6.92 Å². The third kappa shape index (κ3) is 6.07. The smallest absolute Gasteiger partial charge is 0.261 e. The van der Waals surface area contributed by atoms with Crippen LogP contribution in [-0.4, -0.2) is 56.2 Å². The minimum absolute atomic E-state index is 0.249. The van der Waals surface area contributed by atoms with E-state index in [0.717, 1.165) is 5.69 Å². The van der Waals surface area contributed by atoms with E-state index in [1.807, 2.05) is 6.92 Å². The van der Waals surface area contributed by atoms with Gasteiger partial charge in [-0.2, -0.15) is 9.97 Å². The molecule has 0 amide bonds. The van der Waals surface area contributed by atoms with Crippen LogP contribution in [0.4, 0.5) is 0 Å². The Balaban J connectivity index is 0.000000400. The number of hydrogen-bond donors (Lipinski definition) is 0. The van der Waals surface area contributed by atoms with Gasteiger partial charge in [-0.05, 0) is 6.92 Å². The van der Waals surface area contributed by atoms with Crippen molar-refractivity contribution in [1.82, 2.24) is 19.9 Å². The molecule has 10 heteroatoms. The van der Waals surface area contributed by atoms with E-state index in [2.05, 4.69) is 27.8 Å². The van der Waals surface area contributed by atoms with Gasteiger partial charge in [0.2, 0.25) is 11.5 Å². The van der Waals surface area contributed by atoms with Crippen molar-refractivity contribution in [2.75, 3.05) is 28.4 Å². The molecule has 2 radical (unpaired) electrons. The first-order chi connectivity index (χ1) is 11.6. The van der Waals surface area contributed by atoms with Crippen LogP contribution >= 0.6 is 11.6 Å². The van der Waals surface area contributed by atoms with E-state index in [4.69, 9.17) is 30.5 Å². The zero-order chi connectivity index (χ0) is 18.5. The summed E-state index contributed by atoms with van der Waals surface area (Å²) in [6, 6.07) is 0. The quantitative estimate of drug-likeness (QED) is 0.609. The Kier molecular flexibility index (Phi) is 11.0. The maximum Gasteiger partial charge on any atom is 0.261 e. The summed E-state index contributed by atoms with van der Waals surface area (Å²) in [6.07, 6.45) is 2.75. The maximum atomic E-state index is 5.65. The van der Waals surface area contributed by atoms with Crippen LogP contribution in [0.5, 0.6) is 23.3 Å². The second-order valence-electron chi connectivity index (χ2n) is 3.71. The van der Waals surface area contributed by atoms with Gasteiger partial charge in [-0.1, -0.05) is 18.4 Å². The van der Waals surface area contributed by atoms with Crippen molar-refractivity contribution in [3.63, 3.8) is 0 Å². The van der Waals surface area contributed by atoms with Crippen molar-refractivity contribution in [2.24, 2.45) is 0 Å². The van der Waals surface area contributed by atoms with Crippen molar-refractivity contribution in [3.8, 4) is 23.3 Å². The molecule has 0 N–H and O–H groups in total. The van der Waals surface area contributed by atoms with E-state index in [9.17, 15) is 0 Å². The van der Waals surface area contributed by atoms with Crippen LogP contribution in [0.15, 0.2) is 12.7 Å². The fraction of sp³-hybridized carbons (Fsp3) is 0.429. The van der Waals surface area contributed by atoms with Crippen molar-refractivity contribution < 1.29 is 18.9 Å². The monoisotopic (exact) mass is 354 g/mol. The van der Waals surface area contributed by atoms with Gasteiger partial charge in [0.1, 0.15) is 12.7 Å². The Labute approximate surface area is 147 Å². The van der Waals surface area contributed by atoms with Crippen LogP contribution in [0.1, 0.15) is 5.69 Å². The lowest BCUT2D eigenvalue weighted by Crippen LogP contribution is -1.97. The fourth-order valence-electron chi connectivity index (χ4n) is 1.47. The van der Waals surface area contributed by atoms with Crippen LogP contribution in [0.2, 0.25) is 12.0 Å². The van der Waals surface area contributed by atoms with Crippen LogP contribution in [-0.2, 0) is 0 Å². The van der Waals surface area contributed by atoms with Crippen molar-refractivity contribution in [2.45, 2.75) is 13.7 Å². The first-order valence-corrected chi connectivity index (χ1v) is 7.02. The molecule has 0 fully saturated rings. The highest BCUT2D eigenvalue weighted by Gasteiger charge is 2.09. The third-order valence-corrected chi connectivity index (χ3v) is 2.74. The molecule has 0 aliphatic carbocycles. The Hall–Kier alpha value is -2.29. The van der Waals surface area contributed by atoms with Crippen LogP contribution in [0.3, 0.4) is 0 Å². The number of hydrogen-bond acceptors (Lipinski definition) is 8. The fourth-order valence-corrected chi connectivity index (χ4v) is 1.68. The van der Waals surface area contributed by atoms with E-state index >= 15 is 0 Å². The van der Waals surface area contributed by atoms with Crippen molar-refractivity contribution in [1.29, 1.82) is 0 Å². The maximum absolute atomic E-state index is 5.65. The lowest BCUT2D eigenvalue weighted by atomic mass is 10.2. The molecule has 0 atom stereocenters. The Morgan fingerprint density at radius 1 is 0.750 bits per heavy atom. The molecule has 24 heavy (non-hydrogen) atoms. The van der Waals surface area contributed by atoms with E-state index in [0.29, 0.717) is 23.3 Å².